The summed E-state index contributed by atoms with van der Waals surface area (Å²) in [5.41, 5.74) is 14.6. The van der Waals surface area contributed by atoms with Crippen molar-refractivity contribution in [3.63, 3.8) is 0 Å². The van der Waals surface area contributed by atoms with Gasteiger partial charge >= 0.3 is 48.2 Å². The summed E-state index contributed by atoms with van der Waals surface area (Å²) in [6, 6.07) is 80.5. The number of aryl methyl sites for hydroxylation is 4. The number of carbonyl (C=O) groups is 8. The molecule has 0 aliphatic carbocycles. The Morgan fingerprint density at radius 2 is 0.273 bits per heavy atom. The highest BCUT2D eigenvalue weighted by atomic mass is 16.2. The molecule has 12 rings (SSSR count). The fourth-order valence-corrected chi connectivity index (χ4v) is 11.4. The van der Waals surface area contributed by atoms with Gasteiger partial charge in [0, 0.05) is 45.5 Å². The number of carbonyl (C=O) groups excluding carboxylic acids is 8. The molecule has 0 aromatic heterocycles. The third kappa shape index (κ3) is 20.9. The standard InChI is InChI=1S/C86H76N16O8/c1-53-21-37-61(38-22-53)87-79(103)95-69-13-5-9-17-73(69)99-83(107)91-65-45-29-57(30-46-65)77(58-31-47-66(48-32-58)92-84(108)100-74-18-10-6-14-70(74)96-80(104)88-62-39-23-54(2)24-40-62)78(59-33-49-67(50-34-59)93-85(109)101-75-19-11-7-15-71(75)97-81(105)89-63-41-25-55(3)26-42-63)60-35-51-68(52-36-60)94-86(110)102-76-20-12-8-16-72(76)98-82(106)90-64-43-27-56(4)28-44-64/h5-52H,1-4H3,(H2,87,95,103)(H2,88,96,104)(H2,89,97,105)(H2,90,98,106)(H2,91,99,107)(H2,92,100,108)(H2,93,101,109)(H2,94,102,110). The van der Waals surface area contributed by atoms with Crippen LogP contribution in [0.25, 0.3) is 11.1 Å². The minimum atomic E-state index is -0.605. The van der Waals surface area contributed by atoms with Crippen LogP contribution in [0.1, 0.15) is 44.5 Å². The van der Waals surface area contributed by atoms with Gasteiger partial charge in [-0.25, -0.2) is 38.4 Å². The first kappa shape index (κ1) is 74.3. The molecule has 12 aromatic carbocycles. The molecular weight excluding hydrogens is 1390 g/mol. The zero-order chi connectivity index (χ0) is 76.9. The lowest BCUT2D eigenvalue weighted by molar-refractivity contribution is 0.261. The van der Waals surface area contributed by atoms with E-state index in [2.05, 4.69) is 85.1 Å². The van der Waals surface area contributed by atoms with Crippen LogP contribution in [0.15, 0.2) is 291 Å². The van der Waals surface area contributed by atoms with Crippen LogP contribution in [-0.2, 0) is 0 Å². The fraction of sp³-hybridized carbons (Fsp3) is 0.0465. The number of benzene rings is 12. The van der Waals surface area contributed by atoms with Crippen LogP contribution >= 0.6 is 0 Å². The van der Waals surface area contributed by atoms with Crippen LogP contribution in [-0.4, -0.2) is 48.2 Å². The summed E-state index contributed by atoms with van der Waals surface area (Å²) in [7, 11) is 0. The molecule has 16 N–H and O–H groups in total. The smallest absolute Gasteiger partial charge is 0.308 e. The molecule has 16 amide bonds. The molecule has 0 unspecified atom stereocenters. The third-order valence-electron chi connectivity index (χ3n) is 16.9. The molecule has 110 heavy (non-hydrogen) atoms. The number of anilines is 16. The van der Waals surface area contributed by atoms with E-state index in [-0.39, 0.29) is 0 Å². The maximum Gasteiger partial charge on any atom is 0.323 e. The van der Waals surface area contributed by atoms with Crippen LogP contribution < -0.4 is 85.1 Å². The van der Waals surface area contributed by atoms with Crippen LogP contribution in [0, 0.1) is 27.7 Å². The van der Waals surface area contributed by atoms with Gasteiger partial charge in [0.25, 0.3) is 0 Å². The van der Waals surface area contributed by atoms with E-state index in [1.54, 1.807) is 194 Å². The first-order valence-corrected chi connectivity index (χ1v) is 34.8. The molecule has 0 saturated carbocycles. The Labute approximate surface area is 634 Å². The molecule has 0 heterocycles. The second-order valence-corrected chi connectivity index (χ2v) is 25.3. The minimum absolute atomic E-state index is 0.326. The van der Waals surface area contributed by atoms with E-state index in [0.29, 0.717) is 124 Å². The van der Waals surface area contributed by atoms with Crippen molar-refractivity contribution in [1.29, 1.82) is 0 Å². The summed E-state index contributed by atoms with van der Waals surface area (Å²) in [5.74, 6) is 0. The lowest BCUT2D eigenvalue weighted by Gasteiger charge is -2.20. The molecule has 0 atom stereocenters. The van der Waals surface area contributed by atoms with Crippen LogP contribution in [0.3, 0.4) is 0 Å². The predicted molar refractivity (Wildman–Crippen MR) is 442 cm³/mol. The highest BCUT2D eigenvalue weighted by Crippen LogP contribution is 2.39. The van der Waals surface area contributed by atoms with Gasteiger partial charge in [0.15, 0.2) is 0 Å². The first-order chi connectivity index (χ1) is 53.3. The predicted octanol–water partition coefficient (Wildman–Crippen LogP) is 21.1. The average Bonchev–Trinajstić information content (AvgIpc) is 0.775. The molecule has 0 spiro atoms. The van der Waals surface area contributed by atoms with Crippen molar-refractivity contribution in [2.24, 2.45) is 0 Å². The van der Waals surface area contributed by atoms with E-state index in [4.69, 9.17) is 0 Å². The van der Waals surface area contributed by atoms with Gasteiger partial charge in [-0.3, -0.25) is 0 Å². The van der Waals surface area contributed by atoms with E-state index in [1.165, 1.54) is 0 Å². The average molecular weight is 1460 g/mol. The summed E-state index contributed by atoms with van der Waals surface area (Å²) in [4.78, 5) is 108. The third-order valence-corrected chi connectivity index (χ3v) is 16.9. The number of amides is 16. The monoisotopic (exact) mass is 1460 g/mol. The Morgan fingerprint density at radius 1 is 0.155 bits per heavy atom. The summed E-state index contributed by atoms with van der Waals surface area (Å²) < 4.78 is 0. The molecular formula is C86H76N16O8. The summed E-state index contributed by atoms with van der Waals surface area (Å²) in [6.45, 7) is 7.79. The highest BCUT2D eigenvalue weighted by molar-refractivity contribution is 6.12. The van der Waals surface area contributed by atoms with Gasteiger partial charge in [0.1, 0.15) is 0 Å². The molecule has 0 fully saturated rings. The molecule has 0 aliphatic heterocycles. The topological polar surface area (TPSA) is 329 Å². The first-order valence-electron chi connectivity index (χ1n) is 34.8. The Bertz CT molecular complexity index is 4710. The van der Waals surface area contributed by atoms with Crippen LogP contribution in [0.2, 0.25) is 0 Å². The lowest BCUT2D eigenvalue weighted by atomic mass is 9.85. The van der Waals surface area contributed by atoms with Gasteiger partial charge < -0.3 is 85.1 Å². The summed E-state index contributed by atoms with van der Waals surface area (Å²) in [6.07, 6.45) is 0. The van der Waals surface area contributed by atoms with Crippen molar-refractivity contribution in [1.82, 2.24) is 0 Å². The second kappa shape index (κ2) is 35.3. The van der Waals surface area contributed by atoms with E-state index in [1.807, 2.05) is 125 Å². The number of nitrogens with one attached hydrogen (secondary N) is 16. The van der Waals surface area contributed by atoms with E-state index in [0.717, 1.165) is 22.3 Å². The molecule has 24 heteroatoms. The van der Waals surface area contributed by atoms with E-state index >= 15 is 0 Å². The van der Waals surface area contributed by atoms with E-state index in [9.17, 15) is 38.4 Å². The normalized spacial score (nSPS) is 10.5. The number of hydrogen-bond acceptors (Lipinski definition) is 8. The Morgan fingerprint density at radius 3 is 0.400 bits per heavy atom. The zero-order valence-electron chi connectivity index (χ0n) is 60.0. The van der Waals surface area contributed by atoms with Gasteiger partial charge in [-0.1, -0.05) is 168 Å². The van der Waals surface area contributed by atoms with Gasteiger partial charge in [-0.05, 0) is 207 Å². The molecule has 12 aromatic rings. The Kier molecular flexibility index (Phi) is 23.9. The largest absolute Gasteiger partial charge is 0.323 e. The maximum absolute atomic E-state index is 13.9. The van der Waals surface area contributed by atoms with Crippen molar-refractivity contribution in [2.75, 3.05) is 85.1 Å². The van der Waals surface area contributed by atoms with E-state index < -0.39 is 48.2 Å². The minimum Gasteiger partial charge on any atom is -0.308 e. The lowest BCUT2D eigenvalue weighted by Crippen LogP contribution is -2.23. The number of hydrogen-bond donors (Lipinski definition) is 16. The number of urea groups is 8. The Balaban J connectivity index is 0.849. The summed E-state index contributed by atoms with van der Waals surface area (Å²) in [5, 5.41) is 45.6. The maximum atomic E-state index is 13.9. The van der Waals surface area contributed by atoms with Crippen molar-refractivity contribution < 1.29 is 38.4 Å². The summed E-state index contributed by atoms with van der Waals surface area (Å²) >= 11 is 0. The van der Waals surface area contributed by atoms with Crippen LogP contribution in [0.4, 0.5) is 129 Å². The van der Waals surface area contributed by atoms with Crippen molar-refractivity contribution in [2.45, 2.75) is 27.7 Å². The molecule has 24 nitrogen and oxygen atoms in total. The van der Waals surface area contributed by atoms with Crippen molar-refractivity contribution in [3.8, 4) is 0 Å². The van der Waals surface area contributed by atoms with Gasteiger partial charge in [-0.15, -0.1) is 0 Å². The number of rotatable bonds is 20. The SMILES string of the molecule is Cc1ccc(NC(=O)Nc2ccccc2NC(=O)Nc2ccc(C(=C(c3ccc(NC(=O)Nc4ccccc4NC(=O)Nc4ccc(C)cc4)cc3)c3ccc(NC(=O)Nc4ccccc4NC(=O)Nc4ccc(C)cc4)cc3)c3ccc(NC(=O)Nc4ccccc4NC(=O)Nc4ccc(C)cc4)cc3)cc2)cc1. The number of para-hydroxylation sites is 8. The second-order valence-electron chi connectivity index (χ2n) is 25.3. The quantitative estimate of drug-likeness (QED) is 0.0325. The molecule has 0 aliphatic rings. The van der Waals surface area contributed by atoms with Crippen LogP contribution in [0.5, 0.6) is 0 Å². The molecule has 0 saturated heterocycles. The molecule has 548 valence electrons. The van der Waals surface area contributed by atoms with Crippen molar-refractivity contribution >= 4 is 150 Å². The van der Waals surface area contributed by atoms with Gasteiger partial charge in [0.2, 0.25) is 0 Å². The zero-order valence-corrected chi connectivity index (χ0v) is 60.0. The Hall–Kier alpha value is -15.5. The highest BCUT2D eigenvalue weighted by Gasteiger charge is 2.21. The van der Waals surface area contributed by atoms with Crippen molar-refractivity contribution in [3.05, 3.63) is 336 Å². The van der Waals surface area contributed by atoms with Gasteiger partial charge in [0.05, 0.1) is 45.5 Å². The van der Waals surface area contributed by atoms with Gasteiger partial charge in [-0.2, -0.15) is 0 Å². The fourth-order valence-electron chi connectivity index (χ4n) is 11.4. The molecule has 0 bridgehead atoms. The molecule has 0 radical (unpaired) electrons.